The van der Waals surface area contributed by atoms with Crippen molar-refractivity contribution in [1.29, 1.82) is 0 Å². The third-order valence-corrected chi connectivity index (χ3v) is 5.01. The number of alkyl halides is 3. The highest BCUT2D eigenvalue weighted by atomic mass is 19.4. The third-order valence-electron chi connectivity index (χ3n) is 5.01. The first kappa shape index (κ1) is 21.0. The Morgan fingerprint density at radius 3 is 2.07 bits per heavy atom. The molecule has 0 spiro atoms. The highest BCUT2D eigenvalue weighted by Crippen LogP contribution is 2.42. The predicted octanol–water partition coefficient (Wildman–Crippen LogP) is 4.79. The van der Waals surface area contributed by atoms with E-state index in [0.29, 0.717) is 5.56 Å². The number of halogens is 3. The predicted molar refractivity (Wildman–Crippen MR) is 105 cm³/mol. The number of amides is 1. The fraction of sp³-hybridized carbons (Fsp3) is 0.364. The molecule has 4 nitrogen and oxygen atoms in total. The van der Waals surface area contributed by atoms with E-state index in [1.165, 1.54) is 12.1 Å². The standard InChI is InChI=1S/C22H23F3N2O2/c1-14-5-7-15(8-6-14)18-13-21(29,22(23,24)25)27(26-18)19(28)16-9-11-17(12-10-16)20(2,3)4/h5-12,29H,13H2,1-4H3/t21-/m1/s1. The molecular formula is C22H23F3N2O2. The molecule has 0 saturated carbocycles. The van der Waals surface area contributed by atoms with Gasteiger partial charge in [0.25, 0.3) is 11.6 Å². The number of aliphatic hydroxyl groups is 1. The molecule has 0 aromatic heterocycles. The van der Waals surface area contributed by atoms with Gasteiger partial charge in [0.05, 0.1) is 12.1 Å². The zero-order chi connectivity index (χ0) is 21.6. The molecule has 154 valence electrons. The summed E-state index contributed by atoms with van der Waals surface area (Å²) in [7, 11) is 0. The van der Waals surface area contributed by atoms with Crippen LogP contribution in [-0.4, -0.2) is 33.6 Å². The van der Waals surface area contributed by atoms with Crippen LogP contribution in [0.5, 0.6) is 0 Å². The molecule has 0 unspecified atom stereocenters. The van der Waals surface area contributed by atoms with E-state index in [9.17, 15) is 23.1 Å². The van der Waals surface area contributed by atoms with Gasteiger partial charge in [-0.1, -0.05) is 62.7 Å². The number of benzene rings is 2. The highest BCUT2D eigenvalue weighted by Gasteiger charge is 2.63. The number of aryl methyl sites for hydroxylation is 1. The van der Waals surface area contributed by atoms with E-state index in [2.05, 4.69) is 5.10 Å². The van der Waals surface area contributed by atoms with Crippen LogP contribution in [0, 0.1) is 6.92 Å². The quantitative estimate of drug-likeness (QED) is 0.782. The Balaban J connectivity index is 2.00. The first-order chi connectivity index (χ1) is 13.3. The summed E-state index contributed by atoms with van der Waals surface area (Å²) in [5.41, 5.74) is -1.24. The van der Waals surface area contributed by atoms with E-state index >= 15 is 0 Å². The van der Waals surface area contributed by atoms with Crippen molar-refractivity contribution in [2.45, 2.75) is 51.4 Å². The van der Waals surface area contributed by atoms with E-state index in [1.54, 1.807) is 36.4 Å². The summed E-state index contributed by atoms with van der Waals surface area (Å²) in [5, 5.41) is 14.5. The number of carbonyl (C=O) groups excluding carboxylic acids is 1. The topological polar surface area (TPSA) is 52.9 Å². The highest BCUT2D eigenvalue weighted by molar-refractivity contribution is 6.05. The Morgan fingerprint density at radius 2 is 1.59 bits per heavy atom. The first-order valence-corrected chi connectivity index (χ1v) is 9.22. The van der Waals surface area contributed by atoms with Crippen LogP contribution in [-0.2, 0) is 5.41 Å². The molecular weight excluding hydrogens is 381 g/mol. The fourth-order valence-corrected chi connectivity index (χ4v) is 3.12. The average molecular weight is 404 g/mol. The van der Waals surface area contributed by atoms with Crippen molar-refractivity contribution >= 4 is 11.6 Å². The van der Waals surface area contributed by atoms with Crippen LogP contribution in [0.4, 0.5) is 13.2 Å². The molecule has 2 aromatic carbocycles. The minimum Gasteiger partial charge on any atom is -0.362 e. The van der Waals surface area contributed by atoms with Crippen molar-refractivity contribution in [2.24, 2.45) is 5.10 Å². The molecule has 1 aliphatic rings. The fourth-order valence-electron chi connectivity index (χ4n) is 3.12. The van der Waals surface area contributed by atoms with E-state index in [4.69, 9.17) is 0 Å². The second kappa shape index (κ2) is 6.99. The molecule has 2 aromatic rings. The summed E-state index contributed by atoms with van der Waals surface area (Å²) in [4.78, 5) is 12.9. The van der Waals surface area contributed by atoms with E-state index in [0.717, 1.165) is 11.1 Å². The van der Waals surface area contributed by atoms with Crippen molar-refractivity contribution in [3.05, 3.63) is 70.8 Å². The number of hydrazone groups is 1. The van der Waals surface area contributed by atoms with Crippen molar-refractivity contribution in [2.75, 3.05) is 0 Å². The van der Waals surface area contributed by atoms with Crippen molar-refractivity contribution in [3.8, 4) is 0 Å². The SMILES string of the molecule is Cc1ccc(C2=NN(C(=O)c3ccc(C(C)(C)C)cc3)[C@](O)(C(F)(F)F)C2)cc1. The molecule has 0 bridgehead atoms. The molecule has 0 aliphatic carbocycles. The van der Waals surface area contributed by atoms with Gasteiger partial charge in [-0.25, -0.2) is 0 Å². The van der Waals surface area contributed by atoms with E-state index < -0.39 is 24.2 Å². The van der Waals surface area contributed by atoms with Crippen LogP contribution in [0.2, 0.25) is 0 Å². The van der Waals surface area contributed by atoms with Gasteiger partial charge in [0.1, 0.15) is 0 Å². The lowest BCUT2D eigenvalue weighted by Gasteiger charge is -2.32. The van der Waals surface area contributed by atoms with Gasteiger partial charge < -0.3 is 5.11 Å². The molecule has 1 amide bonds. The molecule has 7 heteroatoms. The molecule has 0 fully saturated rings. The van der Waals surface area contributed by atoms with Crippen molar-refractivity contribution < 1.29 is 23.1 Å². The summed E-state index contributed by atoms with van der Waals surface area (Å²) >= 11 is 0. The van der Waals surface area contributed by atoms with Crippen LogP contribution in [0.25, 0.3) is 0 Å². The lowest BCUT2D eigenvalue weighted by molar-refractivity contribution is -0.297. The lowest BCUT2D eigenvalue weighted by atomic mass is 9.86. The number of rotatable bonds is 2. The van der Waals surface area contributed by atoms with Crippen molar-refractivity contribution in [3.63, 3.8) is 0 Å². The third kappa shape index (κ3) is 3.92. The minimum absolute atomic E-state index is 0.00415. The zero-order valence-corrected chi connectivity index (χ0v) is 16.7. The van der Waals surface area contributed by atoms with Gasteiger partial charge >= 0.3 is 6.18 Å². The molecule has 29 heavy (non-hydrogen) atoms. The van der Waals surface area contributed by atoms with Crippen LogP contribution < -0.4 is 0 Å². The Bertz CT molecular complexity index is 942. The maximum Gasteiger partial charge on any atom is 0.438 e. The summed E-state index contributed by atoms with van der Waals surface area (Å²) in [5.74, 6) is -1.01. The molecule has 1 N–H and O–H groups in total. The first-order valence-electron chi connectivity index (χ1n) is 9.22. The molecule has 0 saturated heterocycles. The van der Waals surface area contributed by atoms with Crippen LogP contribution in [0.1, 0.15) is 54.2 Å². The second-order valence-electron chi connectivity index (χ2n) is 8.35. The lowest BCUT2D eigenvalue weighted by Crippen LogP contribution is -2.56. The number of hydrogen-bond acceptors (Lipinski definition) is 3. The van der Waals surface area contributed by atoms with Gasteiger partial charge in [0.2, 0.25) is 0 Å². The Labute approximate surface area is 167 Å². The zero-order valence-electron chi connectivity index (χ0n) is 16.7. The normalized spacial score (nSPS) is 20.0. The van der Waals surface area contributed by atoms with Gasteiger partial charge in [-0.05, 0) is 35.6 Å². The smallest absolute Gasteiger partial charge is 0.362 e. The van der Waals surface area contributed by atoms with Gasteiger partial charge in [0.15, 0.2) is 0 Å². The minimum atomic E-state index is -5.07. The van der Waals surface area contributed by atoms with Crippen LogP contribution in [0.15, 0.2) is 53.6 Å². The van der Waals surface area contributed by atoms with Gasteiger partial charge in [0, 0.05) is 5.56 Å². The number of nitrogens with zero attached hydrogens (tertiary/aromatic N) is 2. The number of hydrogen-bond donors (Lipinski definition) is 1. The Kier molecular flexibility index (Phi) is 5.07. The average Bonchev–Trinajstić information content (AvgIpc) is 3.00. The molecule has 1 atom stereocenters. The Hall–Kier alpha value is -2.67. The van der Waals surface area contributed by atoms with Gasteiger partial charge in [-0.3, -0.25) is 4.79 Å². The monoisotopic (exact) mass is 404 g/mol. The Morgan fingerprint density at radius 1 is 1.03 bits per heavy atom. The van der Waals surface area contributed by atoms with Crippen LogP contribution in [0.3, 0.4) is 0 Å². The maximum absolute atomic E-state index is 13.7. The molecule has 0 radical (unpaired) electrons. The van der Waals surface area contributed by atoms with E-state index in [1.807, 2.05) is 27.7 Å². The molecule has 1 aliphatic heterocycles. The summed E-state index contributed by atoms with van der Waals surface area (Å²) in [6.07, 6.45) is -5.89. The summed E-state index contributed by atoms with van der Waals surface area (Å²) in [6.45, 7) is 7.82. The van der Waals surface area contributed by atoms with Crippen LogP contribution >= 0.6 is 0 Å². The number of carbonyl (C=O) groups is 1. The second-order valence-corrected chi connectivity index (χ2v) is 8.35. The molecule has 3 rings (SSSR count). The van der Waals surface area contributed by atoms with E-state index in [-0.39, 0.29) is 21.7 Å². The molecule has 1 heterocycles. The largest absolute Gasteiger partial charge is 0.438 e. The summed E-state index contributed by atoms with van der Waals surface area (Å²) < 4.78 is 41.2. The summed E-state index contributed by atoms with van der Waals surface area (Å²) in [6, 6.07) is 13.0. The van der Waals surface area contributed by atoms with Gasteiger partial charge in [-0.2, -0.15) is 23.3 Å². The van der Waals surface area contributed by atoms with Crippen molar-refractivity contribution in [1.82, 2.24) is 5.01 Å². The van der Waals surface area contributed by atoms with Gasteiger partial charge in [-0.15, -0.1) is 0 Å². The maximum atomic E-state index is 13.7.